The van der Waals surface area contributed by atoms with E-state index in [9.17, 15) is 83.1 Å². The number of amides is 9. The predicted octanol–water partition coefficient (Wildman–Crippen LogP) is -6.36. The lowest BCUT2D eigenvalue weighted by molar-refractivity contribution is -0.142. The number of aliphatic carboxylic acids is 3. The maximum absolute atomic E-state index is 13.6. The van der Waals surface area contributed by atoms with Crippen molar-refractivity contribution in [1.29, 1.82) is 0 Å². The Morgan fingerprint density at radius 1 is 0.550 bits per heavy atom. The number of rotatable bonds is 36. The third kappa shape index (κ3) is 25.0. The molecular formula is C49H71N13O18. The summed E-state index contributed by atoms with van der Waals surface area (Å²) in [7, 11) is 0. The largest absolute Gasteiger partial charge is 0.508 e. The maximum atomic E-state index is 13.6. The summed E-state index contributed by atoms with van der Waals surface area (Å²) < 4.78 is 0. The van der Waals surface area contributed by atoms with E-state index in [1.807, 2.05) is 5.32 Å². The molecule has 0 aromatic heterocycles. The van der Waals surface area contributed by atoms with Crippen molar-refractivity contribution in [3.05, 3.63) is 65.7 Å². The summed E-state index contributed by atoms with van der Waals surface area (Å²) in [6.45, 7) is -0.672. The van der Waals surface area contributed by atoms with Crippen LogP contribution in [-0.4, -0.2) is 189 Å². The number of aromatic hydroxyl groups is 1. The molecule has 0 radical (unpaired) electrons. The first kappa shape index (κ1) is 67.1. The van der Waals surface area contributed by atoms with Crippen molar-refractivity contribution >= 4 is 77.0 Å². The standard InChI is InChI=1S/C49H71N13O18/c1-3-25(2)40(62-41(72)29(50)15-16-38(68)69)47(78)59-31(18-27-11-13-28(65)14-12-27)42(73)55-21-36(66)54-22-37(67)56-34(23-63)45(76)58-32(20-39(70)71)44(75)61-35(24-64)46(77)57-30(10-7-17-53-49(51)52)43(74)60-33(48(79)80)19-26-8-5-4-6-9-26/h4-6,8-9,11-14,25,29-35,40,63-65H,3,7,10,15-24,50H2,1-2H3,(H,54,66)(H,55,73)(H,56,67)(H,57,77)(H,58,76)(H,59,78)(H,60,74)(H,61,75)(H,62,72)(H,68,69)(H,70,71)(H,79,80)(H4,51,52,53)/t25-,29-,30-,31-,32-,33-,34-,35-,40-/m0/s1. The molecule has 0 aliphatic heterocycles. The Labute approximate surface area is 458 Å². The number of phenols is 1. The van der Waals surface area contributed by atoms with E-state index >= 15 is 0 Å². The zero-order valence-electron chi connectivity index (χ0n) is 43.8. The summed E-state index contributed by atoms with van der Waals surface area (Å²) in [5.41, 5.74) is 17.6. The quantitative estimate of drug-likeness (QED) is 0.0171. The Morgan fingerprint density at radius 2 is 1.06 bits per heavy atom. The number of nitrogens with zero attached hydrogens (tertiary/aromatic N) is 1. The van der Waals surface area contributed by atoms with Gasteiger partial charge in [0.05, 0.1) is 38.8 Å². The van der Waals surface area contributed by atoms with Crippen LogP contribution in [0.25, 0.3) is 0 Å². The molecule has 0 heterocycles. The lowest BCUT2D eigenvalue weighted by Crippen LogP contribution is -2.60. The van der Waals surface area contributed by atoms with Gasteiger partial charge in [-0.3, -0.25) is 57.7 Å². The molecule has 440 valence electrons. The molecule has 0 saturated carbocycles. The van der Waals surface area contributed by atoms with Gasteiger partial charge in [0.2, 0.25) is 53.2 Å². The SMILES string of the molecule is CC[C@H](C)[C@H](NC(=O)[C@@H](N)CCC(=O)O)C(=O)N[C@@H](Cc1ccc(O)cc1)C(=O)NCC(=O)NCC(=O)N[C@@H](CO)C(=O)N[C@@H](CC(=O)O)C(=O)N[C@@H](CO)C(=O)N[C@@H](CCCN=C(N)N)C(=O)N[C@@H](Cc1ccccc1)C(=O)O. The van der Waals surface area contributed by atoms with E-state index < -0.39 is 164 Å². The van der Waals surface area contributed by atoms with E-state index in [1.54, 1.807) is 44.2 Å². The number of hydrogen-bond acceptors (Lipinski definition) is 17. The van der Waals surface area contributed by atoms with E-state index in [-0.39, 0.29) is 50.4 Å². The number of aliphatic hydroxyl groups excluding tert-OH is 2. The first-order chi connectivity index (χ1) is 37.8. The highest BCUT2D eigenvalue weighted by molar-refractivity contribution is 5.98. The summed E-state index contributed by atoms with van der Waals surface area (Å²) >= 11 is 0. The minimum atomic E-state index is -2.04. The highest BCUT2D eigenvalue weighted by atomic mass is 16.4. The number of aliphatic hydroxyl groups is 2. The van der Waals surface area contributed by atoms with E-state index in [4.69, 9.17) is 22.3 Å². The minimum absolute atomic E-state index is 0.0336. The molecule has 0 aliphatic carbocycles. The summed E-state index contributed by atoms with van der Waals surface area (Å²) in [5, 5.41) is 78.5. The number of hydrogen-bond donors (Lipinski definition) is 18. The fourth-order valence-corrected chi connectivity index (χ4v) is 7.17. The number of aliphatic imine (C=N–C) groups is 1. The zero-order valence-corrected chi connectivity index (χ0v) is 43.8. The Hall–Kier alpha value is -8.97. The predicted molar refractivity (Wildman–Crippen MR) is 280 cm³/mol. The highest BCUT2D eigenvalue weighted by Gasteiger charge is 2.35. The van der Waals surface area contributed by atoms with Gasteiger partial charge in [0.1, 0.15) is 48.0 Å². The highest BCUT2D eigenvalue weighted by Crippen LogP contribution is 2.14. The molecule has 9 amide bonds. The van der Waals surface area contributed by atoms with Gasteiger partial charge < -0.3 is 95.7 Å². The molecule has 0 saturated heterocycles. The Morgan fingerprint density at radius 3 is 1.62 bits per heavy atom. The lowest BCUT2D eigenvalue weighted by atomic mass is 9.96. The van der Waals surface area contributed by atoms with Crippen LogP contribution in [0.5, 0.6) is 5.75 Å². The molecule has 2 aromatic carbocycles. The number of carboxylic acid groups (broad SMARTS) is 3. The van der Waals surface area contributed by atoms with E-state index in [0.29, 0.717) is 17.5 Å². The number of carbonyl (C=O) groups is 12. The summed E-state index contributed by atoms with van der Waals surface area (Å²) in [5.74, 6) is -14.8. The van der Waals surface area contributed by atoms with Crippen molar-refractivity contribution in [2.24, 2.45) is 28.1 Å². The van der Waals surface area contributed by atoms with Gasteiger partial charge in [0.15, 0.2) is 5.96 Å². The second kappa shape index (κ2) is 34.7. The molecule has 0 spiro atoms. The molecule has 80 heavy (non-hydrogen) atoms. The first-order valence-electron chi connectivity index (χ1n) is 25.0. The van der Waals surface area contributed by atoms with Gasteiger partial charge in [-0.2, -0.15) is 0 Å². The van der Waals surface area contributed by atoms with E-state index in [1.165, 1.54) is 24.3 Å². The van der Waals surface area contributed by atoms with Crippen LogP contribution in [0.3, 0.4) is 0 Å². The van der Waals surface area contributed by atoms with Crippen molar-refractivity contribution in [3.63, 3.8) is 0 Å². The third-order valence-corrected chi connectivity index (χ3v) is 11.8. The number of nitrogens with two attached hydrogens (primary N) is 3. The molecule has 31 heteroatoms. The van der Waals surface area contributed by atoms with Crippen LogP contribution in [-0.2, 0) is 70.4 Å². The number of nitrogens with one attached hydrogen (secondary N) is 9. The van der Waals surface area contributed by atoms with Crippen molar-refractivity contribution in [3.8, 4) is 5.75 Å². The maximum Gasteiger partial charge on any atom is 0.326 e. The Balaban J connectivity index is 2.13. The molecule has 0 bridgehead atoms. The summed E-state index contributed by atoms with van der Waals surface area (Å²) in [4.78, 5) is 158. The molecule has 2 aromatic rings. The van der Waals surface area contributed by atoms with Gasteiger partial charge in [0, 0.05) is 25.8 Å². The number of carbonyl (C=O) groups excluding carboxylic acids is 9. The molecule has 9 atom stereocenters. The van der Waals surface area contributed by atoms with Crippen LogP contribution in [0, 0.1) is 5.92 Å². The monoisotopic (exact) mass is 1130 g/mol. The zero-order chi connectivity index (χ0) is 60.1. The molecule has 0 aliphatic rings. The number of benzene rings is 2. The smallest absolute Gasteiger partial charge is 0.326 e. The fourth-order valence-electron chi connectivity index (χ4n) is 7.17. The second-order valence-electron chi connectivity index (χ2n) is 18.1. The fraction of sp³-hybridized carbons (Fsp3) is 0.490. The Kier molecular flexibility index (Phi) is 29.1. The normalized spacial score (nSPS) is 14.2. The summed E-state index contributed by atoms with van der Waals surface area (Å²) in [6, 6.07) is 1.02. The average molecular weight is 1130 g/mol. The van der Waals surface area contributed by atoms with Crippen molar-refractivity contribution < 1.29 is 88.2 Å². The first-order valence-corrected chi connectivity index (χ1v) is 25.0. The summed E-state index contributed by atoms with van der Waals surface area (Å²) in [6.07, 6.45) is -1.93. The van der Waals surface area contributed by atoms with Gasteiger partial charge in [-0.25, -0.2) is 4.79 Å². The molecule has 2 rings (SSSR count). The van der Waals surface area contributed by atoms with Crippen LogP contribution in [0.4, 0.5) is 0 Å². The van der Waals surface area contributed by atoms with Crippen molar-refractivity contribution in [1.82, 2.24) is 47.9 Å². The van der Waals surface area contributed by atoms with Crippen LogP contribution in [0.15, 0.2) is 59.6 Å². The molecule has 31 nitrogen and oxygen atoms in total. The van der Waals surface area contributed by atoms with Crippen molar-refractivity contribution in [2.45, 2.75) is 114 Å². The van der Waals surface area contributed by atoms with Crippen LogP contribution >= 0.6 is 0 Å². The van der Waals surface area contributed by atoms with E-state index in [0.717, 1.165) is 0 Å². The van der Waals surface area contributed by atoms with Crippen LogP contribution in [0.2, 0.25) is 0 Å². The van der Waals surface area contributed by atoms with E-state index in [2.05, 4.69) is 47.5 Å². The molecule has 21 N–H and O–H groups in total. The lowest BCUT2D eigenvalue weighted by Gasteiger charge is -2.27. The van der Waals surface area contributed by atoms with Gasteiger partial charge in [-0.05, 0) is 48.4 Å². The second-order valence-corrected chi connectivity index (χ2v) is 18.1. The molecule has 0 fully saturated rings. The van der Waals surface area contributed by atoms with Crippen LogP contribution in [0.1, 0.15) is 63.5 Å². The minimum Gasteiger partial charge on any atom is -0.508 e. The average Bonchev–Trinajstić information content (AvgIpc) is 3.41. The number of carboxylic acids is 3. The topological polar surface area (TPSA) is 525 Å². The van der Waals surface area contributed by atoms with Gasteiger partial charge in [0.25, 0.3) is 0 Å². The van der Waals surface area contributed by atoms with Gasteiger partial charge in [-0.15, -0.1) is 0 Å². The molecule has 0 unspecified atom stereocenters. The van der Waals surface area contributed by atoms with Gasteiger partial charge >= 0.3 is 17.9 Å². The van der Waals surface area contributed by atoms with Crippen molar-refractivity contribution in [2.75, 3.05) is 32.8 Å². The van der Waals surface area contributed by atoms with Gasteiger partial charge in [-0.1, -0.05) is 62.7 Å². The third-order valence-electron chi connectivity index (χ3n) is 11.8. The molecular weight excluding hydrogens is 1060 g/mol. The number of guanidine groups is 1. The van der Waals surface area contributed by atoms with Crippen LogP contribution < -0.4 is 65.1 Å². The number of phenolic OH excluding ortho intramolecular Hbond substituents is 1. The Bertz CT molecular complexity index is 2500.